The Bertz CT molecular complexity index is 1280. The van der Waals surface area contributed by atoms with Crippen LogP contribution in [0.2, 0.25) is 18.1 Å². The monoisotopic (exact) mass is 556 g/mol. The molecule has 0 radical (unpaired) electrons. The number of fused-ring (bicyclic) bond motifs is 2. The first-order valence-corrected chi connectivity index (χ1v) is 16.2. The maximum absolute atomic E-state index is 14.0. The number of ether oxygens (including phenoxy) is 3. The molecule has 0 aliphatic carbocycles. The van der Waals surface area contributed by atoms with Crippen molar-refractivity contribution < 1.29 is 28.3 Å². The lowest BCUT2D eigenvalue weighted by Crippen LogP contribution is -2.67. The molecule has 3 heterocycles. The smallest absolute Gasteiger partial charge is 0.431 e. The van der Waals surface area contributed by atoms with Crippen molar-refractivity contribution in [2.75, 3.05) is 24.8 Å². The number of rotatable bonds is 5. The number of hydrogen-bond donors (Lipinski definition) is 0. The second-order valence-corrected chi connectivity index (χ2v) is 17.0. The molecule has 2 aliphatic rings. The van der Waals surface area contributed by atoms with Gasteiger partial charge in [-0.15, -0.1) is 0 Å². The molecule has 1 atom stereocenters. The van der Waals surface area contributed by atoms with Crippen LogP contribution in [0.1, 0.15) is 57.6 Å². The van der Waals surface area contributed by atoms with E-state index in [0.717, 1.165) is 5.56 Å². The fourth-order valence-corrected chi connectivity index (χ4v) is 4.56. The van der Waals surface area contributed by atoms with Crippen LogP contribution in [0.5, 0.6) is 5.75 Å². The molecule has 1 saturated heterocycles. The first-order valence-electron chi connectivity index (χ1n) is 13.3. The number of hydrogen-bond acceptors (Lipinski definition) is 7. The van der Waals surface area contributed by atoms with Gasteiger partial charge in [0.25, 0.3) is 14.2 Å². The van der Waals surface area contributed by atoms with E-state index < -0.39 is 26.2 Å². The van der Waals surface area contributed by atoms with E-state index in [1.807, 2.05) is 30.3 Å². The van der Waals surface area contributed by atoms with E-state index in [2.05, 4.69) is 39.0 Å². The summed E-state index contributed by atoms with van der Waals surface area (Å²) in [5.41, 5.74) is 0.362. The highest BCUT2D eigenvalue weighted by atomic mass is 28.4. The van der Waals surface area contributed by atoms with E-state index in [-0.39, 0.29) is 35.6 Å². The molecule has 4 rings (SSSR count). The zero-order chi connectivity index (χ0) is 28.6. The van der Waals surface area contributed by atoms with Gasteiger partial charge in [-0.2, -0.15) is 5.01 Å². The van der Waals surface area contributed by atoms with Crippen LogP contribution in [0.25, 0.3) is 0 Å². The molecule has 0 N–H and O–H groups in total. The first-order chi connectivity index (χ1) is 18.2. The molecule has 2 amide bonds. The Morgan fingerprint density at radius 1 is 1.10 bits per heavy atom. The molecule has 11 heteroatoms. The summed E-state index contributed by atoms with van der Waals surface area (Å²) in [6, 6.07) is 11.4. The largest absolute Gasteiger partial charge is 0.484 e. The minimum absolute atomic E-state index is 0.0745. The van der Waals surface area contributed by atoms with Crippen LogP contribution in [0.15, 0.2) is 47.8 Å². The summed E-state index contributed by atoms with van der Waals surface area (Å²) in [6.07, 6.45) is 0.372. The molecular formula is C28H40N4O6Si. The molecule has 0 spiro atoms. The highest BCUT2D eigenvalue weighted by molar-refractivity contribution is 6.74. The minimum Gasteiger partial charge on any atom is -0.484 e. The second kappa shape index (κ2) is 10.7. The maximum Gasteiger partial charge on any atom is 0.431 e. The lowest BCUT2D eigenvalue weighted by molar-refractivity contribution is -0.0224. The highest BCUT2D eigenvalue weighted by Crippen LogP contribution is 2.36. The van der Waals surface area contributed by atoms with Crippen LogP contribution in [-0.2, 0) is 20.6 Å². The van der Waals surface area contributed by atoms with Crippen LogP contribution in [0, 0.1) is 0 Å². The lowest BCUT2D eigenvalue weighted by Gasteiger charge is -2.47. The van der Waals surface area contributed by atoms with Crippen molar-refractivity contribution in [3.63, 3.8) is 0 Å². The minimum atomic E-state index is -2.26. The molecule has 0 saturated carbocycles. The van der Waals surface area contributed by atoms with Gasteiger partial charge in [0.15, 0.2) is 17.6 Å². The van der Waals surface area contributed by atoms with Crippen molar-refractivity contribution in [3.05, 3.63) is 59.2 Å². The first kappa shape index (κ1) is 28.7. The molecule has 1 aromatic heterocycles. The van der Waals surface area contributed by atoms with Gasteiger partial charge in [0.2, 0.25) is 0 Å². The Morgan fingerprint density at radius 3 is 2.44 bits per heavy atom. The standard InChI is InChI=1S/C28H40N4O6Si/c1-27(2,3)37-26(34)32-22-19-35-17-16-30(22)25(33)23-24(36-18-20-12-10-9-11-13-20)21(14-15-31(23)32)29-38-39(7,8)28(4,5)6/h9-15,22H,16-19H2,1-8H3/b29-21+/t22-/m1/s1. The summed E-state index contributed by atoms with van der Waals surface area (Å²) < 4.78 is 25.4. The van der Waals surface area contributed by atoms with E-state index in [1.54, 1.807) is 37.9 Å². The van der Waals surface area contributed by atoms with Gasteiger partial charge in [-0.25, -0.2) is 9.47 Å². The predicted octanol–water partition coefficient (Wildman–Crippen LogP) is 4.59. The zero-order valence-corrected chi connectivity index (χ0v) is 25.2. The number of aromatic nitrogens is 1. The fourth-order valence-electron chi connectivity index (χ4n) is 3.96. The summed E-state index contributed by atoms with van der Waals surface area (Å²) in [6.45, 7) is 17.0. The summed E-state index contributed by atoms with van der Waals surface area (Å²) in [5, 5.41) is 6.24. The second-order valence-electron chi connectivity index (χ2n) is 12.3. The third kappa shape index (κ3) is 6.14. The van der Waals surface area contributed by atoms with Gasteiger partial charge in [0.1, 0.15) is 17.6 Å². The molecule has 1 fully saturated rings. The van der Waals surface area contributed by atoms with E-state index in [1.165, 1.54) is 9.69 Å². The zero-order valence-electron chi connectivity index (χ0n) is 24.2. The van der Waals surface area contributed by atoms with Crippen molar-refractivity contribution in [1.29, 1.82) is 0 Å². The molecule has 0 unspecified atom stereocenters. The normalized spacial score (nSPS) is 18.4. The maximum atomic E-state index is 14.0. The molecule has 2 aromatic rings. The predicted molar refractivity (Wildman–Crippen MR) is 149 cm³/mol. The molecule has 2 aliphatic heterocycles. The number of pyridine rings is 1. The lowest BCUT2D eigenvalue weighted by atomic mass is 10.2. The third-order valence-electron chi connectivity index (χ3n) is 7.12. The van der Waals surface area contributed by atoms with Crippen LogP contribution < -0.4 is 15.1 Å². The van der Waals surface area contributed by atoms with Crippen LogP contribution in [0.4, 0.5) is 4.79 Å². The Kier molecular flexibility index (Phi) is 7.86. The van der Waals surface area contributed by atoms with Crippen molar-refractivity contribution >= 4 is 20.3 Å². The highest BCUT2D eigenvalue weighted by Gasteiger charge is 2.46. The van der Waals surface area contributed by atoms with Crippen LogP contribution >= 0.6 is 0 Å². The average molecular weight is 557 g/mol. The number of morpholine rings is 1. The number of benzene rings is 1. The van der Waals surface area contributed by atoms with Gasteiger partial charge in [-0.05, 0) is 50.5 Å². The van der Waals surface area contributed by atoms with Gasteiger partial charge >= 0.3 is 6.09 Å². The quantitative estimate of drug-likeness (QED) is 0.395. The molecule has 1 aromatic carbocycles. The topological polar surface area (TPSA) is 94.8 Å². The molecule has 39 heavy (non-hydrogen) atoms. The number of carbonyl (C=O) groups excluding carboxylic acids is 2. The van der Waals surface area contributed by atoms with E-state index in [0.29, 0.717) is 18.5 Å². The fraction of sp³-hybridized carbons (Fsp3) is 0.536. The molecular weight excluding hydrogens is 516 g/mol. The third-order valence-corrected chi connectivity index (χ3v) is 11.3. The summed E-state index contributed by atoms with van der Waals surface area (Å²) in [7, 11) is -2.26. The van der Waals surface area contributed by atoms with Gasteiger partial charge < -0.3 is 23.6 Å². The molecule has 0 bridgehead atoms. The van der Waals surface area contributed by atoms with E-state index >= 15 is 0 Å². The van der Waals surface area contributed by atoms with Crippen molar-refractivity contribution in [1.82, 2.24) is 9.58 Å². The van der Waals surface area contributed by atoms with E-state index in [4.69, 9.17) is 18.7 Å². The molecule has 10 nitrogen and oxygen atoms in total. The van der Waals surface area contributed by atoms with Crippen LogP contribution in [-0.4, -0.2) is 61.4 Å². The summed E-state index contributed by atoms with van der Waals surface area (Å²) in [4.78, 5) is 29.1. The molecule has 212 valence electrons. The summed E-state index contributed by atoms with van der Waals surface area (Å²) >= 11 is 0. The van der Waals surface area contributed by atoms with Crippen molar-refractivity contribution in [2.24, 2.45) is 5.16 Å². The van der Waals surface area contributed by atoms with E-state index in [9.17, 15) is 9.59 Å². The number of amides is 2. The number of carbonyl (C=O) groups is 2. The van der Waals surface area contributed by atoms with Crippen LogP contribution in [0.3, 0.4) is 0 Å². The number of nitrogens with zero attached hydrogens (tertiary/aromatic N) is 4. The van der Waals surface area contributed by atoms with Crippen molar-refractivity contribution in [3.8, 4) is 5.75 Å². The Labute approximate surface area is 231 Å². The SMILES string of the molecule is CC(C)(C)OC(=O)N1[C@@H]2COCCN2C(=O)c2c(OCc3ccccc3)/c(=N/O[Si](C)(C)C(C)(C)C)ccn21. The van der Waals surface area contributed by atoms with Crippen molar-refractivity contribution in [2.45, 2.75) is 78.0 Å². The Balaban J connectivity index is 1.87. The van der Waals surface area contributed by atoms with Gasteiger partial charge in [0.05, 0.1) is 13.2 Å². The van der Waals surface area contributed by atoms with Gasteiger partial charge in [-0.1, -0.05) is 56.3 Å². The van der Waals surface area contributed by atoms with Gasteiger partial charge in [0, 0.05) is 12.7 Å². The summed E-state index contributed by atoms with van der Waals surface area (Å²) in [5.74, 6) is -0.0425. The average Bonchev–Trinajstić information content (AvgIpc) is 2.85. The van der Waals surface area contributed by atoms with Gasteiger partial charge in [-0.3, -0.25) is 4.79 Å². The Hall–Kier alpha value is -3.31. The Morgan fingerprint density at radius 2 is 1.79 bits per heavy atom.